The largest absolute Gasteiger partial charge is 0.361 e. The number of rotatable bonds is 5. The third-order valence-electron chi connectivity index (χ3n) is 4.03. The van der Waals surface area contributed by atoms with Crippen molar-refractivity contribution in [2.75, 3.05) is 13.6 Å². The number of hydrogen-bond acceptors (Lipinski definition) is 1. The Morgan fingerprint density at radius 3 is 2.65 bits per heavy atom. The van der Waals surface area contributed by atoms with Gasteiger partial charge in [-0.1, -0.05) is 41.4 Å². The van der Waals surface area contributed by atoms with Crippen molar-refractivity contribution in [1.29, 1.82) is 0 Å². The molecule has 0 bridgehead atoms. The van der Waals surface area contributed by atoms with E-state index in [0.29, 0.717) is 10.0 Å². The molecule has 3 rings (SSSR count). The first-order valence-corrected chi connectivity index (χ1v) is 8.12. The van der Waals surface area contributed by atoms with Gasteiger partial charge in [-0.15, -0.1) is 12.4 Å². The minimum absolute atomic E-state index is 0. The quantitative estimate of drug-likeness (QED) is 0.598. The highest BCUT2D eigenvalue weighted by atomic mass is 35.5. The van der Waals surface area contributed by atoms with Crippen molar-refractivity contribution in [3.8, 4) is 0 Å². The number of nitrogens with one attached hydrogen (secondary N) is 2. The second-order valence-electron chi connectivity index (χ2n) is 5.40. The predicted molar refractivity (Wildman–Crippen MR) is 102 cm³/mol. The number of benzene rings is 2. The molecule has 2 aromatic carbocycles. The average molecular weight is 370 g/mol. The van der Waals surface area contributed by atoms with Crippen LogP contribution in [0, 0.1) is 0 Å². The molecular formula is C18H19Cl3N2. The highest BCUT2D eigenvalue weighted by molar-refractivity contribution is 6.42. The number of aromatic amines is 1. The summed E-state index contributed by atoms with van der Waals surface area (Å²) < 4.78 is 0. The van der Waals surface area contributed by atoms with E-state index in [9.17, 15) is 0 Å². The summed E-state index contributed by atoms with van der Waals surface area (Å²) in [7, 11) is 1.97. The van der Waals surface area contributed by atoms with E-state index < -0.39 is 0 Å². The van der Waals surface area contributed by atoms with Crippen LogP contribution in [0.1, 0.15) is 23.5 Å². The van der Waals surface area contributed by atoms with E-state index in [-0.39, 0.29) is 18.3 Å². The van der Waals surface area contributed by atoms with Gasteiger partial charge in [0.2, 0.25) is 0 Å². The molecule has 2 nitrogen and oxygen atoms in total. The van der Waals surface area contributed by atoms with Crippen molar-refractivity contribution in [3.05, 3.63) is 69.8 Å². The number of fused-ring (bicyclic) bond motifs is 1. The normalized spacial score (nSPS) is 12.1. The molecule has 0 fully saturated rings. The molecule has 0 aliphatic carbocycles. The van der Waals surface area contributed by atoms with Crippen LogP contribution in [-0.4, -0.2) is 18.6 Å². The molecule has 3 aromatic rings. The third-order valence-corrected chi connectivity index (χ3v) is 4.77. The van der Waals surface area contributed by atoms with Crippen LogP contribution in [-0.2, 0) is 0 Å². The predicted octanol–water partition coefficient (Wildman–Crippen LogP) is 5.64. The fourth-order valence-corrected chi connectivity index (χ4v) is 3.24. The van der Waals surface area contributed by atoms with Crippen LogP contribution in [0.5, 0.6) is 0 Å². The Bertz CT molecular complexity index is 783. The molecule has 23 heavy (non-hydrogen) atoms. The topological polar surface area (TPSA) is 27.8 Å². The Kier molecular flexibility index (Phi) is 6.37. The first kappa shape index (κ1) is 18.2. The van der Waals surface area contributed by atoms with E-state index in [1.165, 1.54) is 16.5 Å². The van der Waals surface area contributed by atoms with Gasteiger partial charge in [0.1, 0.15) is 0 Å². The summed E-state index contributed by atoms with van der Waals surface area (Å²) in [5.74, 6) is 0.279. The van der Waals surface area contributed by atoms with Crippen LogP contribution in [0.25, 0.3) is 10.9 Å². The summed E-state index contributed by atoms with van der Waals surface area (Å²) >= 11 is 12.3. The maximum Gasteiger partial charge on any atom is 0.0595 e. The van der Waals surface area contributed by atoms with Gasteiger partial charge in [-0.3, -0.25) is 0 Å². The highest BCUT2D eigenvalue weighted by Gasteiger charge is 2.17. The molecule has 0 amide bonds. The van der Waals surface area contributed by atoms with Gasteiger partial charge in [0.15, 0.2) is 0 Å². The molecule has 122 valence electrons. The van der Waals surface area contributed by atoms with E-state index in [2.05, 4.69) is 40.6 Å². The van der Waals surface area contributed by atoms with Gasteiger partial charge in [-0.05, 0) is 55.4 Å². The van der Waals surface area contributed by atoms with Gasteiger partial charge in [0, 0.05) is 23.0 Å². The first-order chi connectivity index (χ1) is 10.7. The van der Waals surface area contributed by atoms with E-state index >= 15 is 0 Å². The molecule has 0 aliphatic heterocycles. The molecule has 1 atom stereocenters. The summed E-state index contributed by atoms with van der Waals surface area (Å²) in [4.78, 5) is 3.28. The second-order valence-corrected chi connectivity index (χ2v) is 6.22. The standard InChI is InChI=1S/C18H18Cl2N2.ClH/c1-21-9-7-13(12-5-6-16(19)17(20)11-12)14-3-2-4-18-15(14)8-10-22-18;/h2-6,8,10-11,13,21-22H,7,9H2,1H3;1H. The zero-order valence-corrected chi connectivity index (χ0v) is 15.1. The number of aromatic nitrogens is 1. The lowest BCUT2D eigenvalue weighted by Crippen LogP contribution is -2.13. The molecule has 5 heteroatoms. The number of hydrogen-bond donors (Lipinski definition) is 2. The maximum atomic E-state index is 6.22. The molecule has 2 N–H and O–H groups in total. The van der Waals surface area contributed by atoms with E-state index in [4.69, 9.17) is 23.2 Å². The lowest BCUT2D eigenvalue weighted by Gasteiger charge is -2.19. The fraction of sp³-hybridized carbons (Fsp3) is 0.222. The Hall–Kier alpha value is -1.19. The van der Waals surface area contributed by atoms with Crippen LogP contribution in [0.3, 0.4) is 0 Å². The molecule has 1 aromatic heterocycles. The van der Waals surface area contributed by atoms with Crippen molar-refractivity contribution in [2.24, 2.45) is 0 Å². The van der Waals surface area contributed by atoms with Crippen LogP contribution in [0.4, 0.5) is 0 Å². The van der Waals surface area contributed by atoms with Crippen molar-refractivity contribution in [1.82, 2.24) is 10.3 Å². The van der Waals surface area contributed by atoms with Gasteiger partial charge in [0.25, 0.3) is 0 Å². The van der Waals surface area contributed by atoms with Crippen molar-refractivity contribution in [3.63, 3.8) is 0 Å². The second kappa shape index (κ2) is 8.07. The first-order valence-electron chi connectivity index (χ1n) is 7.36. The molecule has 0 spiro atoms. The van der Waals surface area contributed by atoms with Gasteiger partial charge in [-0.25, -0.2) is 0 Å². The Balaban J connectivity index is 0.00000192. The number of H-pyrrole nitrogens is 1. The summed E-state index contributed by atoms with van der Waals surface area (Å²) in [6, 6.07) is 14.5. The lowest BCUT2D eigenvalue weighted by atomic mass is 9.86. The van der Waals surface area contributed by atoms with E-state index in [0.717, 1.165) is 18.5 Å². The third kappa shape index (κ3) is 3.84. The maximum absolute atomic E-state index is 6.22. The van der Waals surface area contributed by atoms with Crippen LogP contribution < -0.4 is 5.32 Å². The van der Waals surface area contributed by atoms with Crippen molar-refractivity contribution in [2.45, 2.75) is 12.3 Å². The van der Waals surface area contributed by atoms with Crippen LogP contribution in [0.15, 0.2) is 48.7 Å². The Morgan fingerprint density at radius 1 is 1.09 bits per heavy atom. The SMILES string of the molecule is CNCCC(c1ccc(Cl)c(Cl)c1)c1cccc2[nH]ccc12.Cl. The van der Waals surface area contributed by atoms with Crippen LogP contribution in [0.2, 0.25) is 10.0 Å². The molecule has 1 unspecified atom stereocenters. The molecule has 0 saturated heterocycles. The Labute approximate surface area is 152 Å². The van der Waals surface area contributed by atoms with E-state index in [1.807, 2.05) is 25.4 Å². The molecule has 0 aliphatic rings. The zero-order valence-electron chi connectivity index (χ0n) is 12.8. The van der Waals surface area contributed by atoms with Crippen molar-refractivity contribution < 1.29 is 0 Å². The summed E-state index contributed by atoms with van der Waals surface area (Å²) in [5, 5.41) is 5.70. The average Bonchev–Trinajstić information content (AvgIpc) is 3.00. The van der Waals surface area contributed by atoms with Gasteiger partial charge < -0.3 is 10.3 Å². The minimum atomic E-state index is 0. The fourth-order valence-electron chi connectivity index (χ4n) is 2.93. The minimum Gasteiger partial charge on any atom is -0.361 e. The lowest BCUT2D eigenvalue weighted by molar-refractivity contribution is 0.664. The van der Waals surface area contributed by atoms with Crippen molar-refractivity contribution >= 4 is 46.5 Å². The molecular weight excluding hydrogens is 351 g/mol. The van der Waals surface area contributed by atoms with E-state index in [1.54, 1.807) is 0 Å². The summed E-state index contributed by atoms with van der Waals surface area (Å²) in [5.41, 5.74) is 3.66. The van der Waals surface area contributed by atoms with Gasteiger partial charge >= 0.3 is 0 Å². The Morgan fingerprint density at radius 2 is 1.91 bits per heavy atom. The summed E-state index contributed by atoms with van der Waals surface area (Å²) in [6.07, 6.45) is 2.98. The molecule has 0 saturated carbocycles. The highest BCUT2D eigenvalue weighted by Crippen LogP contribution is 2.35. The molecule has 1 heterocycles. The smallest absolute Gasteiger partial charge is 0.0595 e. The summed E-state index contributed by atoms with van der Waals surface area (Å²) in [6.45, 7) is 0.936. The molecule has 0 radical (unpaired) electrons. The van der Waals surface area contributed by atoms with Gasteiger partial charge in [-0.2, -0.15) is 0 Å². The number of halogens is 3. The van der Waals surface area contributed by atoms with Crippen LogP contribution >= 0.6 is 35.6 Å². The monoisotopic (exact) mass is 368 g/mol. The van der Waals surface area contributed by atoms with Gasteiger partial charge in [0.05, 0.1) is 10.0 Å². The zero-order chi connectivity index (χ0) is 15.5.